The highest BCUT2D eigenvalue weighted by Crippen LogP contribution is 2.28. The highest BCUT2D eigenvalue weighted by molar-refractivity contribution is 9.10. The number of rotatable bonds is 5. The number of aromatic amines is 1. The molecule has 1 fully saturated rings. The van der Waals surface area contributed by atoms with Gasteiger partial charge in [-0.25, -0.2) is 4.98 Å². The van der Waals surface area contributed by atoms with E-state index in [4.69, 9.17) is 16.0 Å². The molecule has 2 aromatic heterocycles. The number of hydrogen-bond donors (Lipinski definition) is 2. The highest BCUT2D eigenvalue weighted by Gasteiger charge is 2.29. The quantitative estimate of drug-likeness (QED) is 0.415. The summed E-state index contributed by atoms with van der Waals surface area (Å²) in [7, 11) is 0. The molecular weight excluding hydrogens is 496 g/mol. The zero-order valence-corrected chi connectivity index (χ0v) is 19.4. The predicted molar refractivity (Wildman–Crippen MR) is 127 cm³/mol. The van der Waals surface area contributed by atoms with E-state index in [0.29, 0.717) is 41.6 Å². The van der Waals surface area contributed by atoms with Crippen molar-refractivity contribution >= 4 is 55.5 Å². The van der Waals surface area contributed by atoms with E-state index < -0.39 is 0 Å². The van der Waals surface area contributed by atoms with Crippen molar-refractivity contribution in [3.05, 3.63) is 73.7 Å². The third-order valence-corrected chi connectivity index (χ3v) is 6.62. The summed E-state index contributed by atoms with van der Waals surface area (Å²) in [5.41, 5.74) is 1.99. The Morgan fingerprint density at radius 1 is 1.31 bits per heavy atom. The minimum Gasteiger partial charge on any atom is -0.449 e. The number of aromatic nitrogens is 2. The number of carbonyl (C=O) groups is 1. The van der Waals surface area contributed by atoms with E-state index >= 15 is 0 Å². The summed E-state index contributed by atoms with van der Waals surface area (Å²) in [6.45, 7) is 2.22. The van der Waals surface area contributed by atoms with Crippen LogP contribution in [-0.2, 0) is 17.9 Å². The van der Waals surface area contributed by atoms with Gasteiger partial charge in [-0.1, -0.05) is 45.7 Å². The lowest BCUT2D eigenvalue weighted by Gasteiger charge is -2.15. The number of hydrogen-bond acceptors (Lipinski definition) is 5. The number of H-pyrrole nitrogens is 1. The molecule has 0 radical (unpaired) electrons. The second-order valence-electron chi connectivity index (χ2n) is 7.96. The van der Waals surface area contributed by atoms with Gasteiger partial charge >= 0.3 is 0 Å². The van der Waals surface area contributed by atoms with Crippen LogP contribution in [0.5, 0.6) is 0 Å². The van der Waals surface area contributed by atoms with Gasteiger partial charge in [0.1, 0.15) is 16.9 Å². The molecule has 3 heterocycles. The molecule has 32 heavy (non-hydrogen) atoms. The van der Waals surface area contributed by atoms with Crippen LogP contribution in [0.4, 0.5) is 0 Å². The first-order valence-corrected chi connectivity index (χ1v) is 11.5. The van der Waals surface area contributed by atoms with Crippen molar-refractivity contribution in [2.45, 2.75) is 19.5 Å². The normalized spacial score (nSPS) is 16.8. The third-order valence-electron chi connectivity index (χ3n) is 5.76. The Hall–Kier alpha value is -2.68. The molecule has 164 valence electrons. The summed E-state index contributed by atoms with van der Waals surface area (Å²) in [5.74, 6) is 0.455. The van der Waals surface area contributed by atoms with Gasteiger partial charge in [-0.2, -0.15) is 0 Å². The van der Waals surface area contributed by atoms with Crippen LogP contribution in [0.25, 0.3) is 22.1 Å². The summed E-state index contributed by atoms with van der Waals surface area (Å²) in [5, 5.41) is 4.42. The molecule has 0 saturated carbocycles. The first-order valence-electron chi connectivity index (χ1n) is 10.3. The van der Waals surface area contributed by atoms with E-state index in [0.717, 1.165) is 28.4 Å². The van der Waals surface area contributed by atoms with Crippen LogP contribution < -0.4 is 10.9 Å². The fraction of sp³-hybridized carbons (Fsp3) is 0.261. The van der Waals surface area contributed by atoms with Crippen molar-refractivity contribution in [3.8, 4) is 0 Å². The van der Waals surface area contributed by atoms with Gasteiger partial charge in [0.05, 0.1) is 12.5 Å². The predicted octanol–water partition coefficient (Wildman–Crippen LogP) is 4.22. The van der Waals surface area contributed by atoms with E-state index in [1.807, 2.05) is 42.5 Å². The van der Waals surface area contributed by atoms with Crippen LogP contribution in [0.3, 0.4) is 0 Å². The molecule has 1 saturated heterocycles. The fourth-order valence-corrected chi connectivity index (χ4v) is 4.68. The lowest BCUT2D eigenvalue weighted by Crippen LogP contribution is -2.32. The summed E-state index contributed by atoms with van der Waals surface area (Å²) in [4.78, 5) is 34.8. The molecule has 0 spiro atoms. The van der Waals surface area contributed by atoms with E-state index in [1.165, 1.54) is 0 Å². The number of amides is 1. The Morgan fingerprint density at radius 2 is 2.16 bits per heavy atom. The second kappa shape index (κ2) is 8.69. The van der Waals surface area contributed by atoms with Crippen LogP contribution in [-0.4, -0.2) is 33.9 Å². The number of furan rings is 1. The highest BCUT2D eigenvalue weighted by atomic mass is 79.9. The topological polar surface area (TPSA) is 91.2 Å². The molecule has 1 amide bonds. The molecule has 1 aliphatic rings. The van der Waals surface area contributed by atoms with E-state index in [-0.39, 0.29) is 23.0 Å². The van der Waals surface area contributed by atoms with Crippen molar-refractivity contribution in [2.24, 2.45) is 5.92 Å². The Labute approximate surface area is 196 Å². The second-order valence-corrected chi connectivity index (χ2v) is 9.29. The SMILES string of the molecule is O=C(NCc1ccccc1Cl)C1CCN(Cc2nc3c(oc4ccc(Br)cc43)c(=O)[nH]2)C1. The minimum absolute atomic E-state index is 0.00926. The molecule has 1 aliphatic heterocycles. The summed E-state index contributed by atoms with van der Waals surface area (Å²) < 4.78 is 6.57. The minimum atomic E-state index is -0.300. The number of likely N-dealkylation sites (tertiary alicyclic amines) is 1. The van der Waals surface area contributed by atoms with Crippen molar-refractivity contribution < 1.29 is 9.21 Å². The van der Waals surface area contributed by atoms with Gasteiger partial charge in [0, 0.05) is 28.0 Å². The summed E-state index contributed by atoms with van der Waals surface area (Å²) >= 11 is 9.62. The fourth-order valence-electron chi connectivity index (χ4n) is 4.12. The Bertz CT molecular complexity index is 1380. The van der Waals surface area contributed by atoms with Gasteiger partial charge in [-0.15, -0.1) is 0 Å². The lowest BCUT2D eigenvalue weighted by molar-refractivity contribution is -0.124. The number of nitrogens with one attached hydrogen (secondary N) is 2. The van der Waals surface area contributed by atoms with Crippen molar-refractivity contribution in [2.75, 3.05) is 13.1 Å². The zero-order valence-electron chi connectivity index (χ0n) is 17.0. The average Bonchev–Trinajstić information content (AvgIpc) is 3.38. The van der Waals surface area contributed by atoms with Gasteiger partial charge in [0.25, 0.3) is 5.56 Å². The van der Waals surface area contributed by atoms with Crippen molar-refractivity contribution in [1.29, 1.82) is 0 Å². The molecule has 2 aromatic carbocycles. The third kappa shape index (κ3) is 4.18. The maximum atomic E-state index is 12.6. The van der Waals surface area contributed by atoms with Gasteiger partial charge < -0.3 is 14.7 Å². The summed E-state index contributed by atoms with van der Waals surface area (Å²) in [6.07, 6.45) is 0.752. The Kier molecular flexibility index (Phi) is 5.75. The van der Waals surface area contributed by atoms with Crippen LogP contribution in [0.15, 0.2) is 56.1 Å². The van der Waals surface area contributed by atoms with E-state index in [2.05, 4.69) is 36.1 Å². The molecule has 1 unspecified atom stereocenters. The monoisotopic (exact) mass is 514 g/mol. The summed E-state index contributed by atoms with van der Waals surface area (Å²) in [6, 6.07) is 13.0. The maximum absolute atomic E-state index is 12.6. The Balaban J connectivity index is 1.27. The number of nitrogens with zero attached hydrogens (tertiary/aromatic N) is 2. The van der Waals surface area contributed by atoms with Crippen LogP contribution >= 0.6 is 27.5 Å². The molecule has 4 aromatic rings. The maximum Gasteiger partial charge on any atom is 0.294 e. The first kappa shape index (κ1) is 21.2. The number of benzene rings is 2. The molecule has 2 N–H and O–H groups in total. The zero-order chi connectivity index (χ0) is 22.2. The van der Waals surface area contributed by atoms with Crippen LogP contribution in [0.1, 0.15) is 17.8 Å². The van der Waals surface area contributed by atoms with Crippen LogP contribution in [0, 0.1) is 5.92 Å². The smallest absolute Gasteiger partial charge is 0.294 e. The van der Waals surface area contributed by atoms with Gasteiger partial charge in [0.2, 0.25) is 11.5 Å². The average molecular weight is 516 g/mol. The standard InChI is InChI=1S/C23H20BrClN4O3/c24-15-5-6-18-16(9-15)20-21(32-18)23(31)28-19(27-20)12-29-8-7-14(11-29)22(30)26-10-13-3-1-2-4-17(13)25/h1-6,9,14H,7-8,10-12H2,(H,26,30)(H,27,28,31). The van der Waals surface area contributed by atoms with E-state index in [1.54, 1.807) is 0 Å². The number of carbonyl (C=O) groups excluding carboxylic acids is 1. The molecule has 5 rings (SSSR count). The molecule has 7 nitrogen and oxygen atoms in total. The largest absolute Gasteiger partial charge is 0.449 e. The van der Waals surface area contributed by atoms with Crippen LogP contribution in [0.2, 0.25) is 5.02 Å². The van der Waals surface area contributed by atoms with Crippen molar-refractivity contribution in [1.82, 2.24) is 20.2 Å². The number of halogens is 2. The van der Waals surface area contributed by atoms with Gasteiger partial charge in [-0.3, -0.25) is 14.5 Å². The molecule has 0 aliphatic carbocycles. The molecular formula is C23H20BrClN4O3. The molecule has 1 atom stereocenters. The van der Waals surface area contributed by atoms with E-state index in [9.17, 15) is 9.59 Å². The van der Waals surface area contributed by atoms with Crippen molar-refractivity contribution in [3.63, 3.8) is 0 Å². The molecule has 0 bridgehead atoms. The first-order chi connectivity index (χ1) is 15.5. The van der Waals surface area contributed by atoms with Gasteiger partial charge in [-0.05, 0) is 42.8 Å². The molecule has 9 heteroatoms. The van der Waals surface area contributed by atoms with Gasteiger partial charge in [0.15, 0.2) is 0 Å². The Morgan fingerprint density at radius 3 is 3.00 bits per heavy atom. The lowest BCUT2D eigenvalue weighted by atomic mass is 10.1. The number of fused-ring (bicyclic) bond motifs is 3.